The Hall–Kier alpha value is -0.770. The summed E-state index contributed by atoms with van der Waals surface area (Å²) in [5.74, 6) is 0.403. The van der Waals surface area contributed by atoms with E-state index in [0.29, 0.717) is 18.9 Å². The quantitative estimate of drug-likeness (QED) is 0.589. The lowest BCUT2D eigenvalue weighted by Gasteiger charge is -2.35. The van der Waals surface area contributed by atoms with Gasteiger partial charge in [0.1, 0.15) is 0 Å². The van der Waals surface area contributed by atoms with Crippen LogP contribution < -0.4 is 0 Å². The summed E-state index contributed by atoms with van der Waals surface area (Å²) in [6.07, 6.45) is 2.33. The van der Waals surface area contributed by atoms with E-state index in [1.54, 1.807) is 0 Å². The van der Waals surface area contributed by atoms with Gasteiger partial charge in [0.15, 0.2) is 0 Å². The molecule has 2 aliphatic rings. The van der Waals surface area contributed by atoms with Crippen molar-refractivity contribution in [1.82, 2.24) is 4.90 Å². The summed E-state index contributed by atoms with van der Waals surface area (Å²) < 4.78 is 0. The first-order valence-corrected chi connectivity index (χ1v) is 4.86. The third kappa shape index (κ3) is 1.50. The Morgan fingerprint density at radius 2 is 2.15 bits per heavy atom. The summed E-state index contributed by atoms with van der Waals surface area (Å²) >= 11 is 0. The Balaban J connectivity index is 2.09. The summed E-state index contributed by atoms with van der Waals surface area (Å²) in [7, 11) is 0. The van der Waals surface area contributed by atoms with Crippen LogP contribution in [-0.2, 0) is 0 Å². The number of amides is 1. The molecule has 0 spiro atoms. The normalized spacial score (nSPS) is 38.8. The summed E-state index contributed by atoms with van der Waals surface area (Å²) in [5, 5.41) is 18.4. The van der Waals surface area contributed by atoms with Gasteiger partial charge in [-0.25, -0.2) is 4.79 Å². The average Bonchev–Trinajstić information content (AvgIpc) is 2.43. The van der Waals surface area contributed by atoms with Crippen LogP contribution in [0.2, 0.25) is 0 Å². The lowest BCUT2D eigenvalue weighted by molar-refractivity contribution is 0.0887. The van der Waals surface area contributed by atoms with Gasteiger partial charge in [0, 0.05) is 12.6 Å². The molecule has 1 heterocycles. The predicted octanol–water partition coefficient (Wildman–Crippen LogP) is 0.900. The molecule has 0 aromatic carbocycles. The van der Waals surface area contributed by atoms with Crippen LogP contribution in [0.1, 0.15) is 25.7 Å². The van der Waals surface area contributed by atoms with Crippen LogP contribution in [0.15, 0.2) is 0 Å². The number of aliphatic hydroxyl groups excluding tert-OH is 1. The molecule has 2 fully saturated rings. The predicted molar refractivity (Wildman–Crippen MR) is 46.5 cm³/mol. The van der Waals surface area contributed by atoms with Crippen LogP contribution in [0, 0.1) is 5.92 Å². The van der Waals surface area contributed by atoms with Crippen molar-refractivity contribution in [3.05, 3.63) is 0 Å². The first kappa shape index (κ1) is 8.81. The zero-order chi connectivity index (χ0) is 9.42. The largest absolute Gasteiger partial charge is 0.465 e. The van der Waals surface area contributed by atoms with Crippen LogP contribution in [0.3, 0.4) is 0 Å². The number of carboxylic acid groups (broad SMARTS) is 1. The molecule has 0 aromatic rings. The van der Waals surface area contributed by atoms with E-state index in [9.17, 15) is 9.90 Å². The summed E-state index contributed by atoms with van der Waals surface area (Å²) in [4.78, 5) is 12.4. The maximum Gasteiger partial charge on any atom is 0.407 e. The molecule has 1 amide bonds. The van der Waals surface area contributed by atoms with Gasteiger partial charge in [-0.1, -0.05) is 0 Å². The molecule has 3 unspecified atom stereocenters. The number of carbonyl (C=O) groups is 1. The van der Waals surface area contributed by atoms with Gasteiger partial charge in [-0.2, -0.15) is 0 Å². The molecule has 3 atom stereocenters. The highest BCUT2D eigenvalue weighted by atomic mass is 16.4. The molecular formula is C9H15NO3. The second kappa shape index (κ2) is 3.18. The van der Waals surface area contributed by atoms with Gasteiger partial charge in [0.25, 0.3) is 0 Å². The fraction of sp³-hybridized carbons (Fsp3) is 0.889. The molecule has 1 aliphatic heterocycles. The number of hydrogen-bond acceptors (Lipinski definition) is 2. The Labute approximate surface area is 77.2 Å². The van der Waals surface area contributed by atoms with E-state index in [2.05, 4.69) is 0 Å². The molecule has 13 heavy (non-hydrogen) atoms. The van der Waals surface area contributed by atoms with Crippen molar-refractivity contribution in [2.24, 2.45) is 5.92 Å². The maximum atomic E-state index is 10.8. The monoisotopic (exact) mass is 185 g/mol. The second-order valence-corrected chi connectivity index (χ2v) is 4.07. The standard InChI is InChI=1S/C9H15NO3/c11-7-4-6-2-1-3-10(9(12)13)8(6)5-7/h6-8,11H,1-5H2,(H,12,13). The summed E-state index contributed by atoms with van der Waals surface area (Å²) in [6.45, 7) is 0.642. The Morgan fingerprint density at radius 3 is 2.85 bits per heavy atom. The topological polar surface area (TPSA) is 60.8 Å². The van der Waals surface area contributed by atoms with Crippen molar-refractivity contribution in [2.75, 3.05) is 6.54 Å². The van der Waals surface area contributed by atoms with Crippen LogP contribution in [0.5, 0.6) is 0 Å². The van der Waals surface area contributed by atoms with Crippen LogP contribution in [-0.4, -0.2) is 39.9 Å². The van der Waals surface area contributed by atoms with E-state index >= 15 is 0 Å². The van der Waals surface area contributed by atoms with E-state index < -0.39 is 6.09 Å². The first-order chi connectivity index (χ1) is 6.18. The van der Waals surface area contributed by atoms with Gasteiger partial charge in [-0.3, -0.25) is 0 Å². The van der Waals surface area contributed by atoms with Crippen molar-refractivity contribution in [1.29, 1.82) is 0 Å². The number of aliphatic hydroxyl groups is 1. The molecule has 74 valence electrons. The Bertz CT molecular complexity index is 219. The third-order valence-electron chi connectivity index (χ3n) is 3.25. The number of likely N-dealkylation sites (tertiary alicyclic amines) is 1. The van der Waals surface area contributed by atoms with Crippen LogP contribution in [0.25, 0.3) is 0 Å². The summed E-state index contributed by atoms with van der Waals surface area (Å²) in [5.41, 5.74) is 0. The molecule has 4 heteroatoms. The highest BCUT2D eigenvalue weighted by molar-refractivity contribution is 5.65. The number of rotatable bonds is 0. The number of hydrogen-bond donors (Lipinski definition) is 2. The zero-order valence-electron chi connectivity index (χ0n) is 7.52. The number of nitrogens with zero attached hydrogens (tertiary/aromatic N) is 1. The lowest BCUT2D eigenvalue weighted by Crippen LogP contribution is -2.45. The molecule has 4 nitrogen and oxygen atoms in total. The van der Waals surface area contributed by atoms with E-state index in [-0.39, 0.29) is 12.1 Å². The molecule has 1 aliphatic carbocycles. The van der Waals surface area contributed by atoms with Gasteiger partial charge in [-0.05, 0) is 31.6 Å². The van der Waals surface area contributed by atoms with Crippen LogP contribution in [0.4, 0.5) is 4.79 Å². The minimum atomic E-state index is -0.830. The van der Waals surface area contributed by atoms with Gasteiger partial charge in [0.2, 0.25) is 0 Å². The number of piperidine rings is 1. The van der Waals surface area contributed by atoms with E-state index in [1.807, 2.05) is 0 Å². The molecule has 1 saturated carbocycles. The first-order valence-electron chi connectivity index (χ1n) is 4.86. The molecule has 0 radical (unpaired) electrons. The van der Waals surface area contributed by atoms with Crippen molar-refractivity contribution < 1.29 is 15.0 Å². The van der Waals surface area contributed by atoms with E-state index in [1.165, 1.54) is 4.90 Å². The maximum absolute atomic E-state index is 10.8. The molecule has 2 N–H and O–H groups in total. The molecule has 1 saturated heterocycles. The Kier molecular flexibility index (Phi) is 2.15. The highest BCUT2D eigenvalue weighted by Gasteiger charge is 2.41. The second-order valence-electron chi connectivity index (χ2n) is 4.07. The van der Waals surface area contributed by atoms with E-state index in [4.69, 9.17) is 5.11 Å². The van der Waals surface area contributed by atoms with Gasteiger partial charge < -0.3 is 15.1 Å². The third-order valence-corrected chi connectivity index (χ3v) is 3.25. The SMILES string of the molecule is O=C(O)N1CCCC2CC(O)CC21. The molecule has 0 aromatic heterocycles. The minimum absolute atomic E-state index is 0.0845. The van der Waals surface area contributed by atoms with Crippen molar-refractivity contribution >= 4 is 6.09 Å². The molecule has 0 bridgehead atoms. The van der Waals surface area contributed by atoms with Crippen molar-refractivity contribution in [2.45, 2.75) is 37.8 Å². The van der Waals surface area contributed by atoms with Crippen molar-refractivity contribution in [3.63, 3.8) is 0 Å². The Morgan fingerprint density at radius 1 is 1.38 bits per heavy atom. The highest BCUT2D eigenvalue weighted by Crippen LogP contribution is 2.36. The van der Waals surface area contributed by atoms with Crippen molar-refractivity contribution in [3.8, 4) is 0 Å². The van der Waals surface area contributed by atoms with Gasteiger partial charge in [-0.15, -0.1) is 0 Å². The minimum Gasteiger partial charge on any atom is -0.465 e. The molecular weight excluding hydrogens is 170 g/mol. The zero-order valence-corrected chi connectivity index (χ0v) is 7.52. The summed E-state index contributed by atoms with van der Waals surface area (Å²) in [6, 6.07) is 0.0845. The van der Waals surface area contributed by atoms with E-state index in [0.717, 1.165) is 19.3 Å². The van der Waals surface area contributed by atoms with Crippen LogP contribution >= 0.6 is 0 Å². The smallest absolute Gasteiger partial charge is 0.407 e. The van der Waals surface area contributed by atoms with Gasteiger partial charge in [0.05, 0.1) is 6.10 Å². The lowest BCUT2D eigenvalue weighted by atomic mass is 9.92. The average molecular weight is 185 g/mol. The number of fused-ring (bicyclic) bond motifs is 1. The fourth-order valence-electron chi connectivity index (χ4n) is 2.69. The fourth-order valence-corrected chi connectivity index (χ4v) is 2.69. The molecule has 2 rings (SSSR count). The van der Waals surface area contributed by atoms with Gasteiger partial charge >= 0.3 is 6.09 Å².